The maximum absolute atomic E-state index is 13.3. The number of fused-ring (bicyclic) bond motifs is 2. The van der Waals surface area contributed by atoms with Crippen molar-refractivity contribution in [1.29, 1.82) is 0 Å². The highest BCUT2D eigenvalue weighted by molar-refractivity contribution is 7.99. The summed E-state index contributed by atoms with van der Waals surface area (Å²) in [6, 6.07) is 10.6. The number of benzene rings is 1. The standard InChI is InChI=1S/C25H31ClN2O2S/c26-22-9-7-20(24(28-22)31-11-10-16-4-2-1-3-5-16)23(29)27-21-8-6-17-13-25(30)14-18(17)12-19(21)15-25/h1-5,7,9,17-21,24,30H,6,8,10-15H2,(H,27,29)/t17?,18?,19?,20?,21-,24?,25?/m1/s1. The predicted octanol–water partition coefficient (Wildman–Crippen LogP) is 4.56. The van der Waals surface area contributed by atoms with Gasteiger partial charge in [0.05, 0.1) is 11.5 Å². The molecule has 3 aliphatic carbocycles. The van der Waals surface area contributed by atoms with Crippen molar-refractivity contribution < 1.29 is 9.90 Å². The van der Waals surface area contributed by atoms with Crippen LogP contribution in [-0.4, -0.2) is 39.0 Å². The lowest BCUT2D eigenvalue weighted by molar-refractivity contribution is -0.125. The van der Waals surface area contributed by atoms with E-state index in [1.54, 1.807) is 17.8 Å². The first-order chi connectivity index (χ1) is 15.0. The minimum absolute atomic E-state index is 0.0519. The number of amides is 1. The first-order valence-corrected chi connectivity index (χ1v) is 13.0. The zero-order valence-electron chi connectivity index (χ0n) is 17.8. The Morgan fingerprint density at radius 2 is 1.94 bits per heavy atom. The summed E-state index contributed by atoms with van der Waals surface area (Å²) in [6.07, 6.45) is 10.7. The number of halogens is 1. The molecule has 1 amide bonds. The number of hydrogen-bond acceptors (Lipinski definition) is 4. The van der Waals surface area contributed by atoms with E-state index in [0.29, 0.717) is 22.9 Å². The SMILES string of the molecule is O=C(N[C@@H]1CCC2CC3(O)CC2CC1C3)C1C=CC(Cl)=NC1SCCc1ccccc1. The first-order valence-electron chi connectivity index (χ1n) is 11.6. The number of dihydropyridines is 1. The van der Waals surface area contributed by atoms with E-state index in [-0.39, 0.29) is 23.2 Å². The number of aryl methyl sites for hydroxylation is 1. The molecule has 3 bridgehead atoms. The summed E-state index contributed by atoms with van der Waals surface area (Å²) in [5.74, 6) is 2.31. The molecule has 7 atom stereocenters. The van der Waals surface area contributed by atoms with E-state index in [2.05, 4.69) is 34.6 Å². The number of thioether (sulfide) groups is 1. The molecule has 0 radical (unpaired) electrons. The Bertz CT molecular complexity index is 876. The van der Waals surface area contributed by atoms with Crippen LogP contribution in [0, 0.1) is 23.7 Å². The molecule has 1 aromatic rings. The molecule has 5 rings (SSSR count). The van der Waals surface area contributed by atoms with Crippen molar-refractivity contribution >= 4 is 34.4 Å². The number of rotatable bonds is 6. The quantitative estimate of drug-likeness (QED) is 0.657. The second-order valence-electron chi connectivity index (χ2n) is 9.88. The highest BCUT2D eigenvalue weighted by Crippen LogP contribution is 2.55. The van der Waals surface area contributed by atoms with Gasteiger partial charge in [-0.3, -0.25) is 9.79 Å². The summed E-state index contributed by atoms with van der Waals surface area (Å²) in [7, 11) is 0. The Morgan fingerprint density at radius 3 is 2.77 bits per heavy atom. The zero-order valence-corrected chi connectivity index (χ0v) is 19.3. The molecule has 4 aliphatic rings. The van der Waals surface area contributed by atoms with Crippen molar-refractivity contribution in [1.82, 2.24) is 5.32 Å². The third-order valence-electron chi connectivity index (χ3n) is 7.77. The lowest BCUT2D eigenvalue weighted by Gasteiger charge is -2.38. The second kappa shape index (κ2) is 8.92. The normalized spacial score (nSPS) is 38.6. The van der Waals surface area contributed by atoms with Crippen molar-refractivity contribution in [3.8, 4) is 0 Å². The Kier molecular flexibility index (Phi) is 6.19. The molecule has 6 heteroatoms. The van der Waals surface area contributed by atoms with Gasteiger partial charge in [-0.25, -0.2) is 0 Å². The van der Waals surface area contributed by atoms with E-state index < -0.39 is 5.60 Å². The van der Waals surface area contributed by atoms with Crippen molar-refractivity contribution in [2.45, 2.75) is 62.0 Å². The van der Waals surface area contributed by atoms with Gasteiger partial charge in [0.15, 0.2) is 0 Å². The van der Waals surface area contributed by atoms with Crippen LogP contribution in [0.2, 0.25) is 0 Å². The molecular weight excluding hydrogens is 428 g/mol. The average molecular weight is 459 g/mol. The number of hydrogen-bond donors (Lipinski definition) is 2. The van der Waals surface area contributed by atoms with Crippen molar-refractivity contribution in [2.75, 3.05) is 5.75 Å². The monoisotopic (exact) mass is 458 g/mol. The Labute approximate surface area is 193 Å². The molecule has 31 heavy (non-hydrogen) atoms. The van der Waals surface area contributed by atoms with E-state index >= 15 is 0 Å². The van der Waals surface area contributed by atoms with Gasteiger partial charge in [-0.15, -0.1) is 11.8 Å². The fraction of sp³-hybridized carbons (Fsp3) is 0.600. The largest absolute Gasteiger partial charge is 0.390 e. The average Bonchev–Trinajstić information content (AvgIpc) is 2.91. The number of aliphatic imine (C=N–C) groups is 1. The molecule has 0 spiro atoms. The fourth-order valence-corrected chi connectivity index (χ4v) is 7.80. The smallest absolute Gasteiger partial charge is 0.230 e. The van der Waals surface area contributed by atoms with Crippen LogP contribution in [0.4, 0.5) is 0 Å². The molecule has 0 aromatic heterocycles. The number of allylic oxidation sites excluding steroid dienone is 1. The Hall–Kier alpha value is -1.30. The summed E-state index contributed by atoms with van der Waals surface area (Å²) in [4.78, 5) is 17.9. The number of carbonyl (C=O) groups is 1. The third kappa shape index (κ3) is 4.74. The van der Waals surface area contributed by atoms with Crippen molar-refractivity contribution in [2.24, 2.45) is 28.7 Å². The molecule has 166 valence electrons. The molecule has 3 fully saturated rings. The maximum Gasteiger partial charge on any atom is 0.230 e. The van der Waals surface area contributed by atoms with Gasteiger partial charge in [0.2, 0.25) is 5.91 Å². The summed E-state index contributed by atoms with van der Waals surface area (Å²) in [5.41, 5.74) is 0.805. The van der Waals surface area contributed by atoms with E-state index in [0.717, 1.165) is 50.7 Å². The lowest BCUT2D eigenvalue weighted by Crippen LogP contribution is -2.48. The van der Waals surface area contributed by atoms with Crippen LogP contribution in [0.25, 0.3) is 0 Å². The molecule has 6 unspecified atom stereocenters. The molecule has 4 nitrogen and oxygen atoms in total. The number of aliphatic hydroxyl groups is 1. The van der Waals surface area contributed by atoms with Crippen LogP contribution in [0.3, 0.4) is 0 Å². The van der Waals surface area contributed by atoms with Crippen LogP contribution >= 0.6 is 23.4 Å². The predicted molar refractivity (Wildman–Crippen MR) is 127 cm³/mol. The summed E-state index contributed by atoms with van der Waals surface area (Å²) in [5, 5.41) is 14.6. The second-order valence-corrected chi connectivity index (χ2v) is 11.5. The van der Waals surface area contributed by atoms with Gasteiger partial charge in [-0.05, 0) is 80.1 Å². The van der Waals surface area contributed by atoms with Crippen LogP contribution < -0.4 is 5.32 Å². The molecular formula is C25H31ClN2O2S. The fourth-order valence-electron chi connectivity index (χ4n) is 6.36. The van der Waals surface area contributed by atoms with Gasteiger partial charge in [-0.1, -0.05) is 48.0 Å². The van der Waals surface area contributed by atoms with Gasteiger partial charge < -0.3 is 10.4 Å². The summed E-state index contributed by atoms with van der Waals surface area (Å²) in [6.45, 7) is 0. The van der Waals surface area contributed by atoms with Gasteiger partial charge >= 0.3 is 0 Å². The van der Waals surface area contributed by atoms with Crippen LogP contribution in [-0.2, 0) is 11.2 Å². The van der Waals surface area contributed by atoms with Crippen LogP contribution in [0.1, 0.15) is 44.1 Å². The Balaban J connectivity index is 1.22. The molecule has 1 aliphatic heterocycles. The topological polar surface area (TPSA) is 61.7 Å². The highest BCUT2D eigenvalue weighted by atomic mass is 35.5. The van der Waals surface area contributed by atoms with Gasteiger partial charge in [0.25, 0.3) is 0 Å². The van der Waals surface area contributed by atoms with Crippen molar-refractivity contribution in [3.63, 3.8) is 0 Å². The molecule has 1 aromatic carbocycles. The minimum atomic E-state index is -0.486. The van der Waals surface area contributed by atoms with Gasteiger partial charge in [-0.2, -0.15) is 0 Å². The number of nitrogens with one attached hydrogen (secondary N) is 1. The van der Waals surface area contributed by atoms with Crippen LogP contribution in [0.15, 0.2) is 47.5 Å². The van der Waals surface area contributed by atoms with E-state index in [4.69, 9.17) is 11.6 Å². The van der Waals surface area contributed by atoms with Gasteiger partial charge in [0, 0.05) is 6.04 Å². The highest BCUT2D eigenvalue weighted by Gasteiger charge is 2.53. The summed E-state index contributed by atoms with van der Waals surface area (Å²) >= 11 is 7.89. The number of carbonyl (C=O) groups excluding carboxylic acids is 1. The van der Waals surface area contributed by atoms with E-state index in [1.807, 2.05) is 12.1 Å². The molecule has 0 saturated heterocycles. The van der Waals surface area contributed by atoms with Gasteiger partial charge in [0.1, 0.15) is 10.5 Å². The van der Waals surface area contributed by atoms with Crippen molar-refractivity contribution in [3.05, 3.63) is 48.0 Å². The summed E-state index contributed by atoms with van der Waals surface area (Å²) < 4.78 is 0. The molecule has 2 N–H and O–H groups in total. The zero-order chi connectivity index (χ0) is 21.4. The lowest BCUT2D eigenvalue weighted by atomic mass is 9.75. The van der Waals surface area contributed by atoms with E-state index in [1.165, 1.54) is 5.56 Å². The maximum atomic E-state index is 13.3. The molecule has 3 saturated carbocycles. The third-order valence-corrected chi connectivity index (χ3v) is 9.17. The Morgan fingerprint density at radius 1 is 1.16 bits per heavy atom. The molecule has 1 heterocycles. The van der Waals surface area contributed by atoms with E-state index in [9.17, 15) is 9.90 Å². The number of nitrogens with zero attached hydrogens (tertiary/aromatic N) is 1. The van der Waals surface area contributed by atoms with Crippen LogP contribution in [0.5, 0.6) is 0 Å². The first kappa shape index (κ1) is 21.5. The minimum Gasteiger partial charge on any atom is -0.390 e.